The summed E-state index contributed by atoms with van der Waals surface area (Å²) in [6.45, 7) is 3.06. The Morgan fingerprint density at radius 3 is 1.26 bits per heavy atom. The van der Waals surface area contributed by atoms with Crippen LogP contribution in [0.5, 0.6) is 0 Å². The van der Waals surface area contributed by atoms with E-state index in [9.17, 15) is 4.79 Å². The van der Waals surface area contributed by atoms with Crippen LogP contribution in [0.4, 0.5) is 4.79 Å². The van der Waals surface area contributed by atoms with Crippen molar-refractivity contribution in [3.63, 3.8) is 0 Å². The molecule has 0 bridgehead atoms. The van der Waals surface area contributed by atoms with Crippen molar-refractivity contribution in [2.24, 2.45) is 0 Å². The van der Waals surface area contributed by atoms with Crippen LogP contribution < -0.4 is 5.32 Å². The van der Waals surface area contributed by atoms with Crippen LogP contribution in [-0.2, 0) is 21.1 Å². The molecule has 0 radical (unpaired) electrons. The Morgan fingerprint density at radius 1 is 0.652 bits per heavy atom. The van der Waals surface area contributed by atoms with Crippen LogP contribution in [0.25, 0.3) is 0 Å². The van der Waals surface area contributed by atoms with Gasteiger partial charge in [0.15, 0.2) is 0 Å². The molecule has 0 saturated heterocycles. The third-order valence-electron chi connectivity index (χ3n) is 4.31. The van der Waals surface area contributed by atoms with Gasteiger partial charge in [-0.1, -0.05) is 116 Å². The van der Waals surface area contributed by atoms with Crippen LogP contribution in [0.15, 0.2) is 0 Å². The van der Waals surface area contributed by atoms with Crippen molar-refractivity contribution in [1.82, 2.24) is 5.32 Å². The van der Waals surface area contributed by atoms with Crippen molar-refractivity contribution in [2.75, 3.05) is 6.54 Å². The van der Waals surface area contributed by atoms with Gasteiger partial charge >= 0.3 is 0 Å². The number of nitrogens with one attached hydrogen (secondary N) is 1. The van der Waals surface area contributed by atoms with Gasteiger partial charge in [0.2, 0.25) is 0 Å². The average Bonchev–Trinajstić information content (AvgIpc) is 2.50. The van der Waals surface area contributed by atoms with Crippen LogP contribution in [0.1, 0.15) is 110 Å². The van der Waals surface area contributed by atoms with Crippen LogP contribution >= 0.6 is 12.6 Å². The summed E-state index contributed by atoms with van der Waals surface area (Å²) in [6.07, 6.45) is 22.1. The van der Waals surface area contributed by atoms with Gasteiger partial charge in [-0.3, -0.25) is 4.79 Å². The molecule has 0 saturated carbocycles. The molecule has 0 heterocycles. The second kappa shape index (κ2) is 22.5. The molecule has 0 aliphatic rings. The van der Waals surface area contributed by atoms with E-state index >= 15 is 0 Å². The maximum atomic E-state index is 10.6. The second-order valence-corrected chi connectivity index (χ2v) is 6.94. The van der Waals surface area contributed by atoms with E-state index in [-0.39, 0.29) is 26.3 Å². The van der Waals surface area contributed by atoms with Crippen LogP contribution in [-0.4, -0.2) is 11.8 Å². The maximum Gasteiger partial charge on any atom is 0.275 e. The average molecular weight is 426 g/mol. The number of carbonyl (C=O) groups excluding carboxylic acids is 1. The number of amides is 1. The second-order valence-electron chi connectivity index (χ2n) is 6.54. The zero-order valence-electron chi connectivity index (χ0n) is 15.3. The quantitative estimate of drug-likeness (QED) is 0.148. The van der Waals surface area contributed by atoms with Gasteiger partial charge in [0.25, 0.3) is 5.24 Å². The smallest absolute Gasteiger partial charge is 0.275 e. The molecule has 138 valence electrons. The number of thiol groups is 1. The molecule has 0 aromatic heterocycles. The predicted octanol–water partition coefficient (Wildman–Crippen LogP) is 6.88. The number of unbranched alkanes of at least 4 members (excludes halogenated alkanes) is 15. The first kappa shape index (κ1) is 25.7. The first-order chi connectivity index (χ1) is 10.8. The molecule has 0 atom stereocenters. The summed E-state index contributed by atoms with van der Waals surface area (Å²) in [4.78, 5) is 10.6. The number of hydrogen-bond acceptors (Lipinski definition) is 1. The fourth-order valence-electron chi connectivity index (χ4n) is 2.87. The maximum absolute atomic E-state index is 10.6. The zero-order chi connectivity index (χ0) is 16.3. The molecule has 2 nitrogen and oxygen atoms in total. The Bertz CT molecular complexity index is 239. The molecule has 23 heavy (non-hydrogen) atoms. The van der Waals surface area contributed by atoms with E-state index in [1.807, 2.05) is 0 Å². The van der Waals surface area contributed by atoms with Crippen molar-refractivity contribution >= 4 is 17.9 Å². The van der Waals surface area contributed by atoms with E-state index in [0.29, 0.717) is 0 Å². The topological polar surface area (TPSA) is 29.1 Å². The Kier molecular flexibility index (Phi) is 25.2. The normalized spacial score (nSPS) is 10.3. The Morgan fingerprint density at radius 2 is 0.957 bits per heavy atom. The van der Waals surface area contributed by atoms with Gasteiger partial charge in [-0.2, -0.15) is 0 Å². The molecule has 0 rings (SSSR count). The Balaban J connectivity index is 0. The molecular weight excluding hydrogens is 386 g/mol. The minimum Gasteiger partial charge on any atom is -0.347 e. The molecule has 0 unspecified atom stereocenters. The molecule has 1 N–H and O–H groups in total. The SMILES string of the molecule is CCCCCCCCCCCCCCCCCCNC(=O)S.[Mo]. The Labute approximate surface area is 165 Å². The largest absolute Gasteiger partial charge is 0.347 e. The summed E-state index contributed by atoms with van der Waals surface area (Å²) in [7, 11) is 0. The van der Waals surface area contributed by atoms with E-state index < -0.39 is 0 Å². The van der Waals surface area contributed by atoms with Gasteiger partial charge in [-0.15, -0.1) is 0 Å². The monoisotopic (exact) mass is 427 g/mol. The molecule has 1 amide bonds. The van der Waals surface area contributed by atoms with Gasteiger partial charge in [0.1, 0.15) is 0 Å². The molecule has 0 aliphatic carbocycles. The standard InChI is InChI=1S/C19H39NOS.Mo/c1-2-3-4-5-6-7-8-9-10-11-12-13-14-15-16-17-18-20-19(21)22;/h2-18H2,1H3,(H2,20,21,22);. The number of carbonyl (C=O) groups is 1. The fourth-order valence-corrected chi connectivity index (χ4v) is 2.98. The summed E-state index contributed by atoms with van der Waals surface area (Å²) < 4.78 is 0. The fraction of sp³-hybridized carbons (Fsp3) is 0.947. The molecule has 0 spiro atoms. The van der Waals surface area contributed by atoms with Crippen molar-refractivity contribution in [3.8, 4) is 0 Å². The first-order valence-electron chi connectivity index (χ1n) is 9.74. The summed E-state index contributed by atoms with van der Waals surface area (Å²) in [6, 6.07) is 0. The minimum atomic E-state index is -0.207. The summed E-state index contributed by atoms with van der Waals surface area (Å²) >= 11 is 3.68. The molecule has 0 fully saturated rings. The zero-order valence-corrected chi connectivity index (χ0v) is 18.2. The van der Waals surface area contributed by atoms with E-state index in [0.717, 1.165) is 13.0 Å². The molecule has 0 aromatic rings. The van der Waals surface area contributed by atoms with Crippen molar-refractivity contribution < 1.29 is 25.9 Å². The molecular formula is C19H39MoNOS. The van der Waals surface area contributed by atoms with Gasteiger partial charge in [-0.05, 0) is 6.42 Å². The van der Waals surface area contributed by atoms with Crippen LogP contribution in [0.3, 0.4) is 0 Å². The summed E-state index contributed by atoms with van der Waals surface area (Å²) in [5, 5.41) is 2.51. The molecule has 0 aliphatic heterocycles. The van der Waals surface area contributed by atoms with Crippen LogP contribution in [0.2, 0.25) is 0 Å². The van der Waals surface area contributed by atoms with Gasteiger partial charge in [-0.25, -0.2) is 0 Å². The third kappa shape index (κ3) is 24.9. The van der Waals surface area contributed by atoms with E-state index in [1.54, 1.807) is 0 Å². The third-order valence-corrected chi connectivity index (χ3v) is 4.46. The van der Waals surface area contributed by atoms with Gasteiger partial charge < -0.3 is 5.32 Å². The predicted molar refractivity (Wildman–Crippen MR) is 102 cm³/mol. The van der Waals surface area contributed by atoms with Crippen molar-refractivity contribution in [2.45, 2.75) is 110 Å². The molecule has 0 aromatic carbocycles. The Hall–Kier alpha value is 0.508. The van der Waals surface area contributed by atoms with Gasteiger partial charge in [0.05, 0.1) is 0 Å². The van der Waals surface area contributed by atoms with Crippen molar-refractivity contribution in [1.29, 1.82) is 0 Å². The number of rotatable bonds is 17. The summed E-state index contributed by atoms with van der Waals surface area (Å²) in [5.41, 5.74) is 0. The molecule has 4 heteroatoms. The number of hydrogen-bond donors (Lipinski definition) is 2. The van der Waals surface area contributed by atoms with E-state index in [2.05, 4.69) is 24.9 Å². The van der Waals surface area contributed by atoms with Gasteiger partial charge in [0, 0.05) is 27.6 Å². The summed E-state index contributed by atoms with van der Waals surface area (Å²) in [5.74, 6) is 0. The van der Waals surface area contributed by atoms with Crippen LogP contribution in [0, 0.1) is 0 Å². The van der Waals surface area contributed by atoms with E-state index in [4.69, 9.17) is 0 Å². The first-order valence-corrected chi connectivity index (χ1v) is 10.2. The van der Waals surface area contributed by atoms with E-state index in [1.165, 1.54) is 96.3 Å². The van der Waals surface area contributed by atoms with Crippen molar-refractivity contribution in [3.05, 3.63) is 0 Å². The minimum absolute atomic E-state index is 0.